The number of nitrogens with one attached hydrogen (secondary N) is 2. The largest absolute Gasteiger partial charge is 0.313 e. The van der Waals surface area contributed by atoms with Gasteiger partial charge in [0, 0.05) is 18.8 Å². The van der Waals surface area contributed by atoms with E-state index in [9.17, 15) is 8.42 Å². The second-order valence-electron chi connectivity index (χ2n) is 4.14. The van der Waals surface area contributed by atoms with Crippen LogP contribution in [0.2, 0.25) is 0 Å². The summed E-state index contributed by atoms with van der Waals surface area (Å²) < 4.78 is 26.4. The van der Waals surface area contributed by atoms with E-state index in [4.69, 9.17) is 5.26 Å². The molecule has 2 rings (SSSR count). The molecule has 2 N–H and O–H groups in total. The predicted octanol–water partition coefficient (Wildman–Crippen LogP) is 0.405. The lowest BCUT2D eigenvalue weighted by atomic mass is 10.2. The summed E-state index contributed by atoms with van der Waals surface area (Å²) in [6, 6.07) is 4.81. The normalized spacial score (nSPS) is 18.6. The molecule has 1 saturated heterocycles. The molecular weight excluding hydrogens is 288 g/mol. The molecule has 0 aromatic carbocycles. The van der Waals surface area contributed by atoms with Gasteiger partial charge < -0.3 is 5.32 Å². The average Bonchev–Trinajstić information content (AvgIpc) is 2.90. The number of sulfonamides is 1. The standard InChI is InChI=1S/C11H14N4O2S.ClH/c12-7-9-3-5-14-11(6-9)18(16,17)15-8-10-2-1-4-13-10;/h3,5-6,10,13,15H,1-2,4,8H2;1H. The molecule has 0 bridgehead atoms. The first-order chi connectivity index (χ1) is 8.62. The quantitative estimate of drug-likeness (QED) is 0.840. The number of hydrogen-bond donors (Lipinski definition) is 2. The van der Waals surface area contributed by atoms with E-state index in [1.165, 1.54) is 18.3 Å². The lowest BCUT2D eigenvalue weighted by Gasteiger charge is -2.11. The summed E-state index contributed by atoms with van der Waals surface area (Å²) in [6.07, 6.45) is 3.35. The van der Waals surface area contributed by atoms with Crippen molar-refractivity contribution < 1.29 is 8.42 Å². The first-order valence-corrected chi connectivity index (χ1v) is 7.19. The molecule has 1 atom stereocenters. The van der Waals surface area contributed by atoms with Crippen molar-refractivity contribution in [2.24, 2.45) is 0 Å². The fourth-order valence-corrected chi connectivity index (χ4v) is 2.89. The van der Waals surface area contributed by atoms with Crippen LogP contribution in [-0.4, -0.2) is 32.5 Å². The zero-order valence-corrected chi connectivity index (χ0v) is 11.8. The lowest BCUT2D eigenvalue weighted by Crippen LogP contribution is -2.37. The van der Waals surface area contributed by atoms with Gasteiger partial charge in [0.25, 0.3) is 10.0 Å². The van der Waals surface area contributed by atoms with Gasteiger partial charge in [-0.1, -0.05) is 0 Å². The molecule has 8 heteroatoms. The fraction of sp³-hybridized carbons (Fsp3) is 0.455. The Morgan fingerprint density at radius 3 is 3.00 bits per heavy atom. The van der Waals surface area contributed by atoms with Gasteiger partial charge in [0.2, 0.25) is 0 Å². The molecule has 0 aliphatic carbocycles. The van der Waals surface area contributed by atoms with Crippen LogP contribution in [0.1, 0.15) is 18.4 Å². The summed E-state index contributed by atoms with van der Waals surface area (Å²) >= 11 is 0. The summed E-state index contributed by atoms with van der Waals surface area (Å²) in [5.74, 6) is 0. The minimum Gasteiger partial charge on any atom is -0.313 e. The van der Waals surface area contributed by atoms with Crippen molar-refractivity contribution in [1.29, 1.82) is 5.26 Å². The van der Waals surface area contributed by atoms with Crippen molar-refractivity contribution >= 4 is 22.4 Å². The summed E-state index contributed by atoms with van der Waals surface area (Å²) in [5, 5.41) is 11.8. The third kappa shape index (κ3) is 4.14. The van der Waals surface area contributed by atoms with Crippen LogP contribution in [0.3, 0.4) is 0 Å². The first kappa shape index (κ1) is 15.9. The van der Waals surface area contributed by atoms with Gasteiger partial charge in [-0.15, -0.1) is 12.4 Å². The van der Waals surface area contributed by atoms with Crippen molar-refractivity contribution in [2.45, 2.75) is 23.9 Å². The van der Waals surface area contributed by atoms with Crippen LogP contribution in [0.5, 0.6) is 0 Å². The van der Waals surface area contributed by atoms with Crippen molar-refractivity contribution in [2.75, 3.05) is 13.1 Å². The highest BCUT2D eigenvalue weighted by atomic mass is 35.5. The molecule has 1 fully saturated rings. The molecule has 104 valence electrons. The first-order valence-electron chi connectivity index (χ1n) is 5.71. The van der Waals surface area contributed by atoms with E-state index in [-0.39, 0.29) is 29.0 Å². The molecule has 0 spiro atoms. The van der Waals surface area contributed by atoms with Crippen molar-refractivity contribution in [3.05, 3.63) is 23.9 Å². The van der Waals surface area contributed by atoms with Crippen LogP contribution in [0.4, 0.5) is 0 Å². The fourth-order valence-electron chi connectivity index (χ4n) is 1.84. The molecule has 19 heavy (non-hydrogen) atoms. The maximum atomic E-state index is 11.9. The molecule has 0 amide bonds. The molecule has 1 aromatic rings. The number of hydrogen-bond acceptors (Lipinski definition) is 5. The van der Waals surface area contributed by atoms with E-state index in [1.54, 1.807) is 0 Å². The second kappa shape index (κ2) is 6.82. The van der Waals surface area contributed by atoms with E-state index in [2.05, 4.69) is 15.0 Å². The molecule has 6 nitrogen and oxygen atoms in total. The number of rotatable bonds is 4. The molecule has 1 unspecified atom stereocenters. The number of pyridine rings is 1. The second-order valence-corrected chi connectivity index (χ2v) is 5.85. The van der Waals surface area contributed by atoms with Gasteiger partial charge in [0.15, 0.2) is 5.03 Å². The maximum absolute atomic E-state index is 11.9. The van der Waals surface area contributed by atoms with Crippen LogP contribution in [0.25, 0.3) is 0 Å². The van der Waals surface area contributed by atoms with Crippen LogP contribution in [-0.2, 0) is 10.0 Å². The Morgan fingerprint density at radius 2 is 2.37 bits per heavy atom. The Labute approximate surface area is 118 Å². The Balaban J connectivity index is 0.00000180. The molecule has 0 radical (unpaired) electrons. The highest BCUT2D eigenvalue weighted by Gasteiger charge is 2.20. The van der Waals surface area contributed by atoms with Crippen molar-refractivity contribution in [1.82, 2.24) is 15.0 Å². The maximum Gasteiger partial charge on any atom is 0.258 e. The van der Waals surface area contributed by atoms with Gasteiger partial charge in [-0.3, -0.25) is 0 Å². The summed E-state index contributed by atoms with van der Waals surface area (Å²) in [7, 11) is -3.63. The SMILES string of the molecule is Cl.N#Cc1ccnc(S(=O)(=O)NCC2CCCN2)c1. The van der Waals surface area contributed by atoms with E-state index in [1.807, 2.05) is 6.07 Å². The number of nitrogens with zero attached hydrogens (tertiary/aromatic N) is 2. The monoisotopic (exact) mass is 302 g/mol. The van der Waals surface area contributed by atoms with Crippen molar-refractivity contribution in [3.63, 3.8) is 0 Å². The van der Waals surface area contributed by atoms with Gasteiger partial charge in [0.05, 0.1) is 11.6 Å². The van der Waals surface area contributed by atoms with Gasteiger partial charge in [-0.05, 0) is 31.5 Å². The minimum atomic E-state index is -3.63. The highest BCUT2D eigenvalue weighted by Crippen LogP contribution is 2.09. The van der Waals surface area contributed by atoms with Gasteiger partial charge in [-0.2, -0.15) is 5.26 Å². The Bertz CT molecular complexity index is 564. The Morgan fingerprint density at radius 1 is 1.58 bits per heavy atom. The van der Waals surface area contributed by atoms with E-state index in [0.717, 1.165) is 19.4 Å². The summed E-state index contributed by atoms with van der Waals surface area (Å²) in [5.41, 5.74) is 0.282. The van der Waals surface area contributed by atoms with Crippen LogP contribution >= 0.6 is 12.4 Å². The third-order valence-corrected chi connectivity index (χ3v) is 4.14. The zero-order chi connectivity index (χ0) is 13.0. The molecular formula is C11H15ClN4O2S. The Hall–Kier alpha value is -1.20. The smallest absolute Gasteiger partial charge is 0.258 e. The van der Waals surface area contributed by atoms with Crippen LogP contribution < -0.4 is 10.0 Å². The number of aromatic nitrogens is 1. The predicted molar refractivity (Wildman–Crippen MR) is 72.4 cm³/mol. The van der Waals surface area contributed by atoms with Gasteiger partial charge in [-0.25, -0.2) is 18.1 Å². The lowest BCUT2D eigenvalue weighted by molar-refractivity contribution is 0.549. The van der Waals surface area contributed by atoms with E-state index in [0.29, 0.717) is 6.54 Å². The topological polar surface area (TPSA) is 94.9 Å². The number of halogens is 1. The van der Waals surface area contributed by atoms with Gasteiger partial charge >= 0.3 is 0 Å². The van der Waals surface area contributed by atoms with Crippen LogP contribution in [0, 0.1) is 11.3 Å². The molecule has 1 aliphatic heterocycles. The number of nitriles is 1. The molecule has 1 aromatic heterocycles. The van der Waals surface area contributed by atoms with Crippen molar-refractivity contribution in [3.8, 4) is 6.07 Å². The highest BCUT2D eigenvalue weighted by molar-refractivity contribution is 7.89. The minimum absolute atomic E-state index is 0. The molecule has 2 heterocycles. The summed E-state index contributed by atoms with van der Waals surface area (Å²) in [6.45, 7) is 1.27. The van der Waals surface area contributed by atoms with Gasteiger partial charge in [0.1, 0.15) is 0 Å². The molecule has 1 aliphatic rings. The third-order valence-electron chi connectivity index (χ3n) is 2.82. The summed E-state index contributed by atoms with van der Waals surface area (Å²) in [4.78, 5) is 3.78. The molecule has 0 saturated carbocycles. The average molecular weight is 303 g/mol. The van der Waals surface area contributed by atoms with E-state index >= 15 is 0 Å². The van der Waals surface area contributed by atoms with Crippen LogP contribution in [0.15, 0.2) is 23.4 Å². The zero-order valence-electron chi connectivity index (χ0n) is 10.2. The van der Waals surface area contributed by atoms with E-state index < -0.39 is 10.0 Å². The Kier molecular flexibility index (Phi) is 5.69.